The monoisotopic (exact) mass is 277 g/mol. The lowest BCUT2D eigenvalue weighted by Gasteiger charge is -2.15. The molecule has 1 aromatic rings. The van der Waals surface area contributed by atoms with Crippen LogP contribution in [0.15, 0.2) is 12.4 Å². The summed E-state index contributed by atoms with van der Waals surface area (Å²) < 4.78 is 10.3. The number of aliphatic hydroxyl groups excluding tert-OH is 1. The molecule has 7 heteroatoms. The van der Waals surface area contributed by atoms with Crippen LogP contribution in [0.25, 0.3) is 0 Å². The molecule has 0 amide bonds. The van der Waals surface area contributed by atoms with E-state index in [1.807, 2.05) is 13.8 Å². The van der Waals surface area contributed by atoms with E-state index in [4.69, 9.17) is 9.47 Å². The molecule has 0 bridgehead atoms. The second-order valence-electron chi connectivity index (χ2n) is 3.90. The van der Waals surface area contributed by atoms with Crippen LogP contribution in [-0.4, -0.2) is 47.5 Å². The lowest BCUT2D eigenvalue weighted by Crippen LogP contribution is -2.35. The first-order valence-electron chi connectivity index (χ1n) is 5.52. The first-order valence-corrected chi connectivity index (χ1v) is 5.52. The zero-order chi connectivity index (χ0) is 12.7. The number of nitrogens with zero attached hydrogens (tertiary/aromatic N) is 2. The van der Waals surface area contributed by atoms with Crippen molar-refractivity contribution in [3.05, 3.63) is 12.4 Å². The summed E-state index contributed by atoms with van der Waals surface area (Å²) in [6.45, 7) is 4.65. The molecule has 18 heavy (non-hydrogen) atoms. The van der Waals surface area contributed by atoms with Crippen molar-refractivity contribution in [2.24, 2.45) is 0 Å². The summed E-state index contributed by atoms with van der Waals surface area (Å²) in [5, 5.41) is 12.8. The van der Waals surface area contributed by atoms with Gasteiger partial charge in [0.2, 0.25) is 0 Å². The summed E-state index contributed by atoms with van der Waals surface area (Å²) in [6.07, 6.45) is 2.43. The van der Waals surface area contributed by atoms with Gasteiger partial charge in [0.1, 0.15) is 12.7 Å². The number of rotatable bonds is 7. The lowest BCUT2D eigenvalue weighted by molar-refractivity contribution is 0.0996. The van der Waals surface area contributed by atoms with Gasteiger partial charge in [0.25, 0.3) is 11.8 Å². The molecule has 1 aromatic heterocycles. The van der Waals surface area contributed by atoms with E-state index in [-0.39, 0.29) is 19.0 Å². The van der Waals surface area contributed by atoms with Gasteiger partial charge in [-0.25, -0.2) is 9.97 Å². The average Bonchev–Trinajstić information content (AvgIpc) is 2.34. The third-order valence-electron chi connectivity index (χ3n) is 2.00. The molecule has 0 saturated heterocycles. The Hall–Kier alpha value is -1.11. The lowest BCUT2D eigenvalue weighted by atomic mass is 10.3. The number of aliphatic hydroxyl groups is 1. The summed E-state index contributed by atoms with van der Waals surface area (Å²) >= 11 is 0. The Kier molecular flexibility index (Phi) is 8.36. The molecular weight excluding hydrogens is 258 g/mol. The highest BCUT2D eigenvalue weighted by molar-refractivity contribution is 5.85. The van der Waals surface area contributed by atoms with Gasteiger partial charge in [-0.2, -0.15) is 0 Å². The molecule has 0 saturated carbocycles. The van der Waals surface area contributed by atoms with Gasteiger partial charge in [-0.1, -0.05) is 13.8 Å². The molecule has 0 fully saturated rings. The fourth-order valence-corrected chi connectivity index (χ4v) is 1.16. The Morgan fingerprint density at radius 1 is 1.28 bits per heavy atom. The molecule has 0 aliphatic heterocycles. The van der Waals surface area contributed by atoms with Crippen LogP contribution in [0.5, 0.6) is 11.8 Å². The van der Waals surface area contributed by atoms with E-state index in [1.54, 1.807) is 0 Å². The van der Waals surface area contributed by atoms with Crippen LogP contribution in [0.2, 0.25) is 0 Å². The number of hydrogen-bond acceptors (Lipinski definition) is 6. The number of methoxy groups -OCH3 is 1. The first-order chi connectivity index (χ1) is 8.13. The normalized spacial score (nSPS) is 11.8. The fourth-order valence-electron chi connectivity index (χ4n) is 1.16. The number of hydrogen-bond donors (Lipinski definition) is 2. The summed E-state index contributed by atoms with van der Waals surface area (Å²) in [7, 11) is 1.49. The molecular formula is C11H20ClN3O3. The maximum atomic E-state index is 9.65. The van der Waals surface area contributed by atoms with Gasteiger partial charge in [-0.15, -0.1) is 12.4 Å². The Bertz CT molecular complexity index is 339. The van der Waals surface area contributed by atoms with Crippen LogP contribution in [0.4, 0.5) is 0 Å². The molecule has 0 aliphatic carbocycles. The Morgan fingerprint density at radius 2 is 1.89 bits per heavy atom. The SMILES string of the molecule is COc1nccnc1OCC(O)CNC(C)C.Cl. The van der Waals surface area contributed by atoms with E-state index in [1.165, 1.54) is 19.5 Å². The smallest absolute Gasteiger partial charge is 0.278 e. The molecule has 2 N–H and O–H groups in total. The Labute approximate surface area is 113 Å². The van der Waals surface area contributed by atoms with E-state index >= 15 is 0 Å². The van der Waals surface area contributed by atoms with Crippen molar-refractivity contribution in [1.29, 1.82) is 0 Å². The second kappa shape index (κ2) is 8.91. The van der Waals surface area contributed by atoms with Gasteiger partial charge in [0, 0.05) is 25.0 Å². The highest BCUT2D eigenvalue weighted by Gasteiger charge is 2.10. The van der Waals surface area contributed by atoms with Gasteiger partial charge < -0.3 is 19.9 Å². The molecule has 6 nitrogen and oxygen atoms in total. The predicted octanol–water partition coefficient (Wildman–Crippen LogP) is 0.645. The highest BCUT2D eigenvalue weighted by Crippen LogP contribution is 2.19. The third kappa shape index (κ3) is 6.00. The second-order valence-corrected chi connectivity index (χ2v) is 3.90. The summed E-state index contributed by atoms with van der Waals surface area (Å²) in [4.78, 5) is 7.92. The predicted molar refractivity (Wildman–Crippen MR) is 70.5 cm³/mol. The summed E-state index contributed by atoms with van der Waals surface area (Å²) in [5.74, 6) is 0.607. The number of halogens is 1. The van der Waals surface area contributed by atoms with Crippen LogP contribution >= 0.6 is 12.4 Å². The molecule has 1 unspecified atom stereocenters. The maximum Gasteiger partial charge on any atom is 0.278 e. The number of nitrogens with one attached hydrogen (secondary N) is 1. The van der Waals surface area contributed by atoms with Gasteiger partial charge in [-0.3, -0.25) is 0 Å². The van der Waals surface area contributed by atoms with Gasteiger partial charge in [0.05, 0.1) is 7.11 Å². The maximum absolute atomic E-state index is 9.65. The van der Waals surface area contributed by atoms with Crippen molar-refractivity contribution in [2.45, 2.75) is 26.0 Å². The fraction of sp³-hybridized carbons (Fsp3) is 0.636. The van der Waals surface area contributed by atoms with Crippen molar-refractivity contribution in [3.8, 4) is 11.8 Å². The molecule has 0 radical (unpaired) electrons. The van der Waals surface area contributed by atoms with Crippen molar-refractivity contribution in [2.75, 3.05) is 20.3 Å². The van der Waals surface area contributed by atoms with Crippen molar-refractivity contribution in [3.63, 3.8) is 0 Å². The molecule has 0 spiro atoms. The molecule has 1 heterocycles. The van der Waals surface area contributed by atoms with E-state index < -0.39 is 6.10 Å². The topological polar surface area (TPSA) is 76.5 Å². The highest BCUT2D eigenvalue weighted by atomic mass is 35.5. The van der Waals surface area contributed by atoms with Crippen LogP contribution in [0.3, 0.4) is 0 Å². The van der Waals surface area contributed by atoms with E-state index in [2.05, 4.69) is 15.3 Å². The largest absolute Gasteiger partial charge is 0.477 e. The third-order valence-corrected chi connectivity index (χ3v) is 2.00. The van der Waals surface area contributed by atoms with E-state index in [9.17, 15) is 5.11 Å². The van der Waals surface area contributed by atoms with Crippen molar-refractivity contribution >= 4 is 12.4 Å². The van der Waals surface area contributed by atoms with Crippen molar-refractivity contribution in [1.82, 2.24) is 15.3 Å². The van der Waals surface area contributed by atoms with Crippen LogP contribution in [0.1, 0.15) is 13.8 Å². The summed E-state index contributed by atoms with van der Waals surface area (Å²) in [5.41, 5.74) is 0. The van der Waals surface area contributed by atoms with Gasteiger partial charge in [0.15, 0.2) is 0 Å². The van der Waals surface area contributed by atoms with Crippen LogP contribution in [-0.2, 0) is 0 Å². The first kappa shape index (κ1) is 16.9. The minimum Gasteiger partial charge on any atom is -0.477 e. The summed E-state index contributed by atoms with van der Waals surface area (Å²) in [6, 6.07) is 0.329. The van der Waals surface area contributed by atoms with Crippen LogP contribution < -0.4 is 14.8 Å². The zero-order valence-electron chi connectivity index (χ0n) is 10.8. The number of aromatic nitrogens is 2. The van der Waals surface area contributed by atoms with Gasteiger partial charge in [-0.05, 0) is 0 Å². The van der Waals surface area contributed by atoms with E-state index in [0.717, 1.165) is 0 Å². The van der Waals surface area contributed by atoms with Crippen molar-refractivity contribution < 1.29 is 14.6 Å². The zero-order valence-corrected chi connectivity index (χ0v) is 11.6. The molecule has 0 aliphatic rings. The molecule has 1 rings (SSSR count). The Balaban J connectivity index is 0.00000289. The standard InChI is InChI=1S/C11H19N3O3.ClH/c1-8(2)14-6-9(15)7-17-11-10(16-3)12-4-5-13-11;/h4-5,8-9,14-15H,6-7H2,1-3H3;1H. The Morgan fingerprint density at radius 3 is 2.44 bits per heavy atom. The molecule has 0 aromatic carbocycles. The minimum absolute atomic E-state index is 0. The van der Waals surface area contributed by atoms with Gasteiger partial charge >= 0.3 is 0 Å². The molecule has 104 valence electrons. The molecule has 1 atom stereocenters. The van der Waals surface area contributed by atoms with Crippen LogP contribution in [0, 0.1) is 0 Å². The minimum atomic E-state index is -0.593. The quantitative estimate of drug-likeness (QED) is 0.762. The average molecular weight is 278 g/mol. The number of ether oxygens (including phenoxy) is 2. The van der Waals surface area contributed by atoms with E-state index in [0.29, 0.717) is 24.3 Å².